The van der Waals surface area contributed by atoms with Crippen LogP contribution in [-0.2, 0) is 9.53 Å². The minimum Gasteiger partial charge on any atom is -0.457 e. The Labute approximate surface area is 108 Å². The number of carbonyl (C=O) groups excluding carboxylic acids is 2. The molecule has 0 aliphatic heterocycles. The highest BCUT2D eigenvalue weighted by Crippen LogP contribution is 2.14. The molecule has 0 spiro atoms. The molecule has 0 saturated heterocycles. The van der Waals surface area contributed by atoms with Crippen molar-refractivity contribution in [3.63, 3.8) is 0 Å². The Morgan fingerprint density at radius 3 is 2.59 bits per heavy atom. The molecule has 0 atom stereocenters. The molecular formula is C11H14BrNO4. The molecule has 0 fully saturated rings. The Balaban J connectivity index is 2.41. The van der Waals surface area contributed by atoms with Crippen molar-refractivity contribution in [3.05, 3.63) is 22.6 Å². The summed E-state index contributed by atoms with van der Waals surface area (Å²) in [7, 11) is 0. The molecule has 6 heteroatoms. The van der Waals surface area contributed by atoms with E-state index in [1.54, 1.807) is 0 Å². The number of nitrogens with one attached hydrogen (secondary N) is 1. The molecule has 0 saturated carbocycles. The van der Waals surface area contributed by atoms with E-state index in [2.05, 4.69) is 21.2 Å². The largest absolute Gasteiger partial charge is 0.457 e. The molecule has 0 bridgehead atoms. The van der Waals surface area contributed by atoms with E-state index in [9.17, 15) is 9.59 Å². The van der Waals surface area contributed by atoms with E-state index in [0.29, 0.717) is 4.67 Å². The Hall–Kier alpha value is -1.30. The predicted octanol–water partition coefficient (Wildman–Crippen LogP) is 2.11. The van der Waals surface area contributed by atoms with Gasteiger partial charge in [-0.2, -0.15) is 0 Å². The van der Waals surface area contributed by atoms with Crippen LogP contribution < -0.4 is 5.32 Å². The lowest BCUT2D eigenvalue weighted by Crippen LogP contribution is -2.42. The summed E-state index contributed by atoms with van der Waals surface area (Å²) in [6, 6.07) is 1.48. The van der Waals surface area contributed by atoms with Crippen molar-refractivity contribution in [2.45, 2.75) is 26.3 Å². The van der Waals surface area contributed by atoms with Crippen LogP contribution in [0.5, 0.6) is 0 Å². The molecule has 0 aliphatic rings. The van der Waals surface area contributed by atoms with E-state index in [4.69, 9.17) is 9.15 Å². The monoisotopic (exact) mass is 303 g/mol. The highest BCUT2D eigenvalue weighted by Gasteiger charge is 2.16. The van der Waals surface area contributed by atoms with Crippen molar-refractivity contribution in [1.82, 2.24) is 5.32 Å². The maximum Gasteiger partial charge on any atom is 0.341 e. The molecule has 1 aromatic heterocycles. The summed E-state index contributed by atoms with van der Waals surface area (Å²) in [5, 5.41) is 2.68. The average molecular weight is 304 g/mol. The average Bonchev–Trinajstić information content (AvgIpc) is 2.58. The first-order chi connectivity index (χ1) is 7.78. The topological polar surface area (TPSA) is 68.5 Å². The van der Waals surface area contributed by atoms with E-state index in [0.717, 1.165) is 0 Å². The van der Waals surface area contributed by atoms with Gasteiger partial charge in [0.2, 0.25) is 0 Å². The van der Waals surface area contributed by atoms with Gasteiger partial charge in [0.05, 0.1) is 5.56 Å². The fourth-order valence-electron chi connectivity index (χ4n) is 1.09. The summed E-state index contributed by atoms with van der Waals surface area (Å²) in [5.41, 5.74) is -0.0808. The van der Waals surface area contributed by atoms with Crippen LogP contribution in [0.15, 0.2) is 21.4 Å². The van der Waals surface area contributed by atoms with Gasteiger partial charge in [0.25, 0.3) is 5.91 Å². The summed E-state index contributed by atoms with van der Waals surface area (Å²) in [6.45, 7) is 5.23. The van der Waals surface area contributed by atoms with Gasteiger partial charge in [-0.1, -0.05) is 0 Å². The van der Waals surface area contributed by atoms with Gasteiger partial charge < -0.3 is 14.5 Å². The lowest BCUT2D eigenvalue weighted by Gasteiger charge is -2.20. The van der Waals surface area contributed by atoms with Crippen molar-refractivity contribution in [1.29, 1.82) is 0 Å². The van der Waals surface area contributed by atoms with Crippen LogP contribution in [0, 0.1) is 0 Å². The molecule has 0 radical (unpaired) electrons. The van der Waals surface area contributed by atoms with Gasteiger partial charge in [0.1, 0.15) is 6.26 Å². The van der Waals surface area contributed by atoms with Crippen molar-refractivity contribution in [2.75, 3.05) is 6.61 Å². The van der Waals surface area contributed by atoms with E-state index in [1.165, 1.54) is 12.3 Å². The van der Waals surface area contributed by atoms with E-state index in [1.807, 2.05) is 20.8 Å². The highest BCUT2D eigenvalue weighted by molar-refractivity contribution is 9.10. The maximum atomic E-state index is 11.4. The normalized spacial score (nSPS) is 11.1. The smallest absolute Gasteiger partial charge is 0.341 e. The molecule has 1 heterocycles. The third-order valence-corrected chi connectivity index (χ3v) is 2.07. The van der Waals surface area contributed by atoms with Gasteiger partial charge in [-0.3, -0.25) is 4.79 Å². The second-order valence-corrected chi connectivity index (χ2v) is 5.30. The number of halogens is 1. The Morgan fingerprint density at radius 1 is 1.47 bits per heavy atom. The molecule has 1 rings (SSSR count). The fourth-order valence-corrected chi connectivity index (χ4v) is 1.43. The number of hydrogen-bond acceptors (Lipinski definition) is 4. The summed E-state index contributed by atoms with van der Waals surface area (Å²) < 4.78 is 10.1. The zero-order valence-corrected chi connectivity index (χ0v) is 11.5. The van der Waals surface area contributed by atoms with Crippen molar-refractivity contribution in [2.24, 2.45) is 0 Å². The second kappa shape index (κ2) is 5.35. The maximum absolute atomic E-state index is 11.4. The molecule has 17 heavy (non-hydrogen) atoms. The second-order valence-electron chi connectivity index (χ2n) is 4.51. The molecule has 1 aromatic rings. The van der Waals surface area contributed by atoms with Gasteiger partial charge in [-0.15, -0.1) is 0 Å². The van der Waals surface area contributed by atoms with Gasteiger partial charge in [-0.05, 0) is 36.7 Å². The minimum atomic E-state index is -0.594. The Kier molecular flexibility index (Phi) is 4.34. The van der Waals surface area contributed by atoms with Crippen LogP contribution in [-0.4, -0.2) is 24.0 Å². The molecule has 0 unspecified atom stereocenters. The number of esters is 1. The summed E-state index contributed by atoms with van der Waals surface area (Å²) in [5.74, 6) is -0.933. The SMILES string of the molecule is CC(C)(C)NC(=O)COC(=O)c1coc(Br)c1. The Bertz CT molecular complexity index is 419. The van der Waals surface area contributed by atoms with Gasteiger partial charge in [0.15, 0.2) is 11.3 Å². The zero-order chi connectivity index (χ0) is 13.1. The summed E-state index contributed by atoms with van der Waals surface area (Å²) in [4.78, 5) is 22.8. The molecule has 5 nitrogen and oxygen atoms in total. The summed E-state index contributed by atoms with van der Waals surface area (Å²) >= 11 is 3.07. The van der Waals surface area contributed by atoms with Crippen LogP contribution in [0.1, 0.15) is 31.1 Å². The van der Waals surface area contributed by atoms with Crippen molar-refractivity contribution < 1.29 is 18.7 Å². The first-order valence-electron chi connectivity index (χ1n) is 5.00. The van der Waals surface area contributed by atoms with Crippen LogP contribution >= 0.6 is 15.9 Å². The number of amides is 1. The Morgan fingerprint density at radius 2 is 2.12 bits per heavy atom. The lowest BCUT2D eigenvalue weighted by atomic mass is 10.1. The lowest BCUT2D eigenvalue weighted by molar-refractivity contribution is -0.125. The number of furan rings is 1. The van der Waals surface area contributed by atoms with Crippen molar-refractivity contribution >= 4 is 27.8 Å². The highest BCUT2D eigenvalue weighted by atomic mass is 79.9. The number of ether oxygens (including phenoxy) is 1. The van der Waals surface area contributed by atoms with E-state index < -0.39 is 5.97 Å². The molecule has 0 aromatic carbocycles. The first kappa shape index (κ1) is 13.8. The van der Waals surface area contributed by atoms with Gasteiger partial charge in [0, 0.05) is 11.6 Å². The third kappa shape index (κ3) is 5.04. The van der Waals surface area contributed by atoms with Crippen LogP contribution in [0.25, 0.3) is 0 Å². The fraction of sp³-hybridized carbons (Fsp3) is 0.455. The molecule has 0 aliphatic carbocycles. The minimum absolute atomic E-state index is 0.264. The molecular weight excluding hydrogens is 290 g/mol. The standard InChI is InChI=1S/C11H14BrNO4/c1-11(2,3)13-9(14)6-17-10(15)7-4-8(12)16-5-7/h4-5H,6H2,1-3H3,(H,13,14). The van der Waals surface area contributed by atoms with Crippen LogP contribution in [0.2, 0.25) is 0 Å². The molecule has 1 amide bonds. The number of hydrogen-bond donors (Lipinski definition) is 1. The quantitative estimate of drug-likeness (QED) is 0.868. The van der Waals surface area contributed by atoms with Gasteiger partial charge in [-0.25, -0.2) is 4.79 Å². The van der Waals surface area contributed by atoms with Gasteiger partial charge >= 0.3 is 5.97 Å². The first-order valence-corrected chi connectivity index (χ1v) is 5.79. The molecule has 1 N–H and O–H groups in total. The number of carbonyl (C=O) groups is 2. The van der Waals surface area contributed by atoms with Crippen molar-refractivity contribution in [3.8, 4) is 0 Å². The third-order valence-electron chi connectivity index (χ3n) is 1.65. The van der Waals surface area contributed by atoms with E-state index in [-0.39, 0.29) is 23.6 Å². The van der Waals surface area contributed by atoms with Crippen LogP contribution in [0.3, 0.4) is 0 Å². The van der Waals surface area contributed by atoms with E-state index >= 15 is 0 Å². The zero-order valence-electron chi connectivity index (χ0n) is 9.87. The van der Waals surface area contributed by atoms with Crippen LogP contribution in [0.4, 0.5) is 0 Å². The predicted molar refractivity (Wildman–Crippen MR) is 64.6 cm³/mol. The number of rotatable bonds is 3. The molecule has 94 valence electrons. The summed E-state index contributed by atoms with van der Waals surface area (Å²) in [6.07, 6.45) is 1.26.